The number of unbranched alkanes of at least 4 members (excludes halogenated alkanes) is 11. The molecule has 28 heavy (non-hydrogen) atoms. The highest BCUT2D eigenvalue weighted by Crippen LogP contribution is 2.14. The van der Waals surface area contributed by atoms with Gasteiger partial charge in [0.15, 0.2) is 0 Å². The summed E-state index contributed by atoms with van der Waals surface area (Å²) in [5.74, 6) is 0. The molecule has 0 saturated carbocycles. The van der Waals surface area contributed by atoms with E-state index in [2.05, 4.69) is 21.0 Å². The van der Waals surface area contributed by atoms with Crippen LogP contribution >= 0.6 is 7.82 Å². The minimum Gasteiger partial charge on any atom is -0.790 e. The van der Waals surface area contributed by atoms with Crippen LogP contribution in [0.1, 0.15) is 90.4 Å². The van der Waals surface area contributed by atoms with E-state index in [9.17, 15) is 5.11 Å². The first-order chi connectivity index (χ1) is 13.0. The van der Waals surface area contributed by atoms with E-state index in [0.29, 0.717) is 4.48 Å². The molecule has 3 N–H and O–H groups in total. The number of nitrogens with zero attached hydrogens (tertiary/aromatic N) is 1. The number of hydrogen-bond acceptors (Lipinski definition) is 5. The van der Waals surface area contributed by atoms with Gasteiger partial charge in [0, 0.05) is 0 Å². The molecule has 0 aliphatic carbocycles. The van der Waals surface area contributed by atoms with Crippen LogP contribution in [0.3, 0.4) is 0 Å². The molecule has 0 fully saturated rings. The molecule has 0 heterocycles. The maximum absolute atomic E-state index is 10.1. The molecular formula is C20H45NO6P-. The van der Waals surface area contributed by atoms with Gasteiger partial charge in [0.2, 0.25) is 0 Å². The quantitative estimate of drug-likeness (QED) is 0.186. The second kappa shape index (κ2) is 19.0. The van der Waals surface area contributed by atoms with Gasteiger partial charge in [0.25, 0.3) is 0 Å². The van der Waals surface area contributed by atoms with Crippen LogP contribution in [0.5, 0.6) is 0 Å². The van der Waals surface area contributed by atoms with Crippen LogP contribution in [0.15, 0.2) is 0 Å². The molecule has 0 rings (SSSR count). The summed E-state index contributed by atoms with van der Waals surface area (Å²) in [5.41, 5.74) is 0. The van der Waals surface area contributed by atoms with Crippen molar-refractivity contribution in [2.24, 2.45) is 0 Å². The van der Waals surface area contributed by atoms with Crippen molar-refractivity contribution >= 4 is 7.82 Å². The molecule has 8 heteroatoms. The standard InChI is InChI=1S/C20H44NO2.H3O4P/c1-4-5-6-7-8-9-10-11-12-13-14-15-16-20(23)19-21(2,3)17-18-22;1-5(2,3)4/h20,22-23H,4-19H2,1-3H3;(H3,1,2,3,4)/q+1;/p-2. The van der Waals surface area contributed by atoms with Gasteiger partial charge in [-0.05, 0) is 6.42 Å². The van der Waals surface area contributed by atoms with Gasteiger partial charge in [-0.25, -0.2) is 0 Å². The number of phosphoric acid groups is 1. The van der Waals surface area contributed by atoms with Crippen molar-refractivity contribution in [2.75, 3.05) is 33.8 Å². The molecule has 172 valence electrons. The fourth-order valence-corrected chi connectivity index (χ4v) is 3.24. The van der Waals surface area contributed by atoms with E-state index in [-0.39, 0.29) is 12.7 Å². The molecule has 1 atom stereocenters. The minimum absolute atomic E-state index is 0.193. The SMILES string of the molecule is CCCCCCCCCCCCCCC(O)C[N+](C)(C)CCO.O=P([O-])([O-])O. The largest absolute Gasteiger partial charge is 0.790 e. The summed E-state index contributed by atoms with van der Waals surface area (Å²) >= 11 is 0. The van der Waals surface area contributed by atoms with Crippen LogP contribution in [0, 0.1) is 0 Å². The summed E-state index contributed by atoms with van der Waals surface area (Å²) in [4.78, 5) is 24.3. The Kier molecular flexibility index (Phi) is 20.5. The van der Waals surface area contributed by atoms with Gasteiger partial charge >= 0.3 is 0 Å². The van der Waals surface area contributed by atoms with Gasteiger partial charge in [-0.3, -0.25) is 0 Å². The Hall–Kier alpha value is -0.0100. The Morgan fingerprint density at radius 1 is 0.857 bits per heavy atom. The number of quaternary nitrogens is 1. The van der Waals surface area contributed by atoms with Crippen LogP contribution in [0.25, 0.3) is 0 Å². The van der Waals surface area contributed by atoms with E-state index in [1.807, 2.05) is 0 Å². The molecule has 0 saturated heterocycles. The Bertz CT molecular complexity index is 367. The maximum atomic E-state index is 10.1. The average Bonchev–Trinajstić information content (AvgIpc) is 2.53. The molecule has 0 aromatic carbocycles. The lowest BCUT2D eigenvalue weighted by molar-refractivity contribution is -0.893. The third-order valence-corrected chi connectivity index (χ3v) is 4.80. The van der Waals surface area contributed by atoms with Gasteiger partial charge in [0.05, 0.1) is 28.5 Å². The number of rotatable bonds is 17. The fourth-order valence-electron chi connectivity index (χ4n) is 3.24. The smallest absolute Gasteiger partial charge is 0.105 e. The van der Waals surface area contributed by atoms with Gasteiger partial charge in [0.1, 0.15) is 19.2 Å². The Labute approximate surface area is 172 Å². The summed E-state index contributed by atoms with van der Waals surface area (Å²) < 4.78 is 9.36. The van der Waals surface area contributed by atoms with E-state index in [1.54, 1.807) is 0 Å². The molecule has 7 nitrogen and oxygen atoms in total. The fraction of sp³-hybridized carbons (Fsp3) is 1.00. The van der Waals surface area contributed by atoms with Crippen molar-refractivity contribution in [3.8, 4) is 0 Å². The van der Waals surface area contributed by atoms with Crippen molar-refractivity contribution in [2.45, 2.75) is 96.5 Å². The molecule has 0 amide bonds. The average molecular weight is 427 g/mol. The summed E-state index contributed by atoms with van der Waals surface area (Å²) in [6.07, 6.45) is 17.0. The van der Waals surface area contributed by atoms with Crippen LogP contribution in [0.2, 0.25) is 0 Å². The number of hydrogen-bond donors (Lipinski definition) is 3. The number of likely N-dealkylation sites (N-methyl/N-ethyl adjacent to an activating group) is 1. The molecule has 0 aromatic rings. The molecule has 0 bridgehead atoms. The normalized spacial score (nSPS) is 13.1. The topological polar surface area (TPSA) is 124 Å². The molecule has 1 unspecified atom stereocenters. The molecule has 0 aliphatic heterocycles. The first-order valence-electron chi connectivity index (χ1n) is 10.9. The van der Waals surface area contributed by atoms with Gasteiger partial charge in [-0.15, -0.1) is 0 Å². The Morgan fingerprint density at radius 2 is 1.21 bits per heavy atom. The highest BCUT2D eigenvalue weighted by atomic mass is 31.2. The second-order valence-corrected chi connectivity index (χ2v) is 9.30. The van der Waals surface area contributed by atoms with Gasteiger partial charge in [-0.1, -0.05) is 84.0 Å². The monoisotopic (exact) mass is 426 g/mol. The van der Waals surface area contributed by atoms with Crippen LogP contribution in [-0.2, 0) is 4.57 Å². The summed E-state index contributed by atoms with van der Waals surface area (Å²) in [7, 11) is -0.997. The molecular weight excluding hydrogens is 381 g/mol. The predicted molar refractivity (Wildman–Crippen MR) is 110 cm³/mol. The Morgan fingerprint density at radius 3 is 1.57 bits per heavy atom. The van der Waals surface area contributed by atoms with E-state index >= 15 is 0 Å². The van der Waals surface area contributed by atoms with Gasteiger partial charge < -0.3 is 33.9 Å². The van der Waals surface area contributed by atoms with E-state index in [0.717, 1.165) is 25.9 Å². The molecule has 0 aliphatic rings. The van der Waals surface area contributed by atoms with Crippen LogP contribution < -0.4 is 9.79 Å². The summed E-state index contributed by atoms with van der Waals surface area (Å²) in [6.45, 7) is 3.93. The van der Waals surface area contributed by atoms with Crippen molar-refractivity contribution in [1.29, 1.82) is 0 Å². The zero-order chi connectivity index (χ0) is 21.9. The van der Waals surface area contributed by atoms with Crippen molar-refractivity contribution in [3.63, 3.8) is 0 Å². The van der Waals surface area contributed by atoms with Gasteiger partial charge in [-0.2, -0.15) is 0 Å². The van der Waals surface area contributed by atoms with Crippen molar-refractivity contribution in [1.82, 2.24) is 0 Å². The van der Waals surface area contributed by atoms with E-state index in [1.165, 1.54) is 70.6 Å². The predicted octanol–water partition coefficient (Wildman–Crippen LogP) is 2.31. The molecule has 0 aromatic heterocycles. The summed E-state index contributed by atoms with van der Waals surface area (Å²) in [6, 6.07) is 0. The maximum Gasteiger partial charge on any atom is 0.105 e. The first kappa shape index (κ1) is 30.2. The zero-order valence-electron chi connectivity index (χ0n) is 18.4. The lowest BCUT2D eigenvalue weighted by Crippen LogP contribution is -2.47. The highest BCUT2D eigenvalue weighted by molar-refractivity contribution is 7.42. The number of aliphatic hydroxyl groups excluding tert-OH is 2. The lowest BCUT2D eigenvalue weighted by Gasteiger charge is -2.31. The Balaban J connectivity index is 0. The van der Waals surface area contributed by atoms with E-state index < -0.39 is 7.82 Å². The zero-order valence-corrected chi connectivity index (χ0v) is 19.2. The van der Waals surface area contributed by atoms with Crippen molar-refractivity contribution < 1.29 is 33.9 Å². The third kappa shape index (κ3) is 30.7. The highest BCUT2D eigenvalue weighted by Gasteiger charge is 2.19. The summed E-state index contributed by atoms with van der Waals surface area (Å²) in [5, 5.41) is 19.1. The van der Waals surface area contributed by atoms with Crippen LogP contribution in [0.4, 0.5) is 0 Å². The van der Waals surface area contributed by atoms with Crippen molar-refractivity contribution in [3.05, 3.63) is 0 Å². The lowest BCUT2D eigenvalue weighted by atomic mass is 10.0. The first-order valence-corrected chi connectivity index (χ1v) is 12.4. The van der Waals surface area contributed by atoms with Crippen LogP contribution in [-0.4, -0.2) is 59.5 Å². The number of aliphatic hydroxyl groups is 2. The second-order valence-electron chi connectivity index (χ2n) is 8.37. The minimum atomic E-state index is -5.14. The van der Waals surface area contributed by atoms with E-state index in [4.69, 9.17) is 24.4 Å². The molecule has 0 radical (unpaired) electrons. The third-order valence-electron chi connectivity index (χ3n) is 4.80. The molecule has 0 spiro atoms.